The summed E-state index contributed by atoms with van der Waals surface area (Å²) in [4.78, 5) is 75.8. The Morgan fingerprint density at radius 2 is 1.56 bits per heavy atom. The maximum Gasteiger partial charge on any atom is 0.249 e. The van der Waals surface area contributed by atoms with E-state index in [1.54, 1.807) is 11.1 Å². The van der Waals surface area contributed by atoms with Crippen molar-refractivity contribution in [2.45, 2.75) is 82.0 Å². The van der Waals surface area contributed by atoms with Crippen LogP contribution in [0.2, 0.25) is 0 Å². The van der Waals surface area contributed by atoms with E-state index < -0.39 is 41.9 Å². The molecule has 4 heterocycles. The third-order valence-corrected chi connectivity index (χ3v) is 8.73. The van der Waals surface area contributed by atoms with Crippen LogP contribution in [0.3, 0.4) is 0 Å². The minimum Gasteiger partial charge on any atom is -0.377 e. The fourth-order valence-electron chi connectivity index (χ4n) is 6.06. The number of hydrogen-bond acceptors (Lipinski definition) is 12. The number of nitrogens with one attached hydrogen (secondary N) is 3. The Balaban J connectivity index is 1.18. The smallest absolute Gasteiger partial charge is 0.249 e. The predicted molar refractivity (Wildman–Crippen MR) is 175 cm³/mol. The number of imide groups is 1. The first-order chi connectivity index (χ1) is 23.4. The van der Waals surface area contributed by atoms with E-state index in [4.69, 9.17) is 18.9 Å². The number of unbranched alkanes of at least 4 members (excludes halogenated alkanes) is 2. The zero-order valence-corrected chi connectivity index (χ0v) is 27.8. The van der Waals surface area contributed by atoms with Crippen LogP contribution in [0.1, 0.15) is 57.8 Å². The zero-order chi connectivity index (χ0) is 34.0. The highest BCUT2D eigenvalue weighted by molar-refractivity contribution is 6.02. The maximum absolute atomic E-state index is 13.3. The van der Waals surface area contributed by atoms with Gasteiger partial charge in [-0.1, -0.05) is 6.42 Å². The molecule has 0 spiro atoms. The van der Waals surface area contributed by atoms with Gasteiger partial charge in [0, 0.05) is 38.6 Å². The van der Waals surface area contributed by atoms with Gasteiger partial charge in [-0.3, -0.25) is 39.2 Å². The van der Waals surface area contributed by atoms with Crippen LogP contribution >= 0.6 is 0 Å². The first kappa shape index (κ1) is 37.5. The standard InChI is InChI=1S/C32H51N7O9/c40-28-8-7-25(35-28)30(42)36-26(21-24-22-33-23-34-24)31(43)37-32(44)27-5-4-10-38(27)9-3-1-2-6-29(41)39-11-13-45-15-17-47-19-20-48-18-16-46-14-12-39/h22-27H,1-21H2,(H,35,40)(H,36,42)(H,37,43,44)/t24?,25-,26-,27-/m0/s1. The molecule has 3 N–H and O–H groups in total. The van der Waals surface area contributed by atoms with Gasteiger partial charge in [-0.05, 0) is 45.2 Å². The molecule has 0 saturated carbocycles. The summed E-state index contributed by atoms with van der Waals surface area (Å²) in [5, 5.41) is 7.81. The molecular formula is C32H51N7O9. The number of hydrogen-bond donors (Lipinski definition) is 3. The number of ether oxygens (including phenoxy) is 4. The Bertz CT molecular complexity index is 1110. The van der Waals surface area contributed by atoms with Crippen LogP contribution in [-0.2, 0) is 42.9 Å². The molecule has 48 heavy (non-hydrogen) atoms. The monoisotopic (exact) mass is 677 g/mol. The lowest BCUT2D eigenvalue weighted by Crippen LogP contribution is -2.55. The summed E-state index contributed by atoms with van der Waals surface area (Å²) in [6.45, 7) is 6.17. The molecule has 3 fully saturated rings. The molecule has 5 amide bonds. The molecule has 1 unspecified atom stereocenters. The second kappa shape index (κ2) is 20.9. The molecule has 16 heteroatoms. The van der Waals surface area contributed by atoms with Gasteiger partial charge >= 0.3 is 0 Å². The quantitative estimate of drug-likeness (QED) is 0.221. The third-order valence-electron chi connectivity index (χ3n) is 8.73. The Kier molecular flexibility index (Phi) is 16.3. The molecule has 0 aromatic carbocycles. The summed E-state index contributed by atoms with van der Waals surface area (Å²) < 4.78 is 22.2. The van der Waals surface area contributed by atoms with Crippen molar-refractivity contribution in [2.75, 3.05) is 79.0 Å². The van der Waals surface area contributed by atoms with E-state index in [0.29, 0.717) is 91.8 Å². The van der Waals surface area contributed by atoms with Crippen molar-refractivity contribution in [2.24, 2.45) is 9.98 Å². The summed E-state index contributed by atoms with van der Waals surface area (Å²) in [6.07, 6.45) is 7.91. The minimum atomic E-state index is -1.02. The highest BCUT2D eigenvalue weighted by atomic mass is 16.6. The zero-order valence-electron chi connectivity index (χ0n) is 27.8. The summed E-state index contributed by atoms with van der Waals surface area (Å²) in [7, 11) is 0. The lowest BCUT2D eigenvalue weighted by Gasteiger charge is -2.25. The van der Waals surface area contributed by atoms with E-state index in [0.717, 1.165) is 32.2 Å². The Hall–Kier alpha value is -3.31. The Morgan fingerprint density at radius 1 is 0.875 bits per heavy atom. The second-order valence-corrected chi connectivity index (χ2v) is 12.3. The van der Waals surface area contributed by atoms with Crippen molar-refractivity contribution in [3.05, 3.63) is 0 Å². The number of carbonyl (C=O) groups excluding carboxylic acids is 5. The van der Waals surface area contributed by atoms with Gasteiger partial charge in [-0.15, -0.1) is 0 Å². The van der Waals surface area contributed by atoms with E-state index >= 15 is 0 Å². The van der Waals surface area contributed by atoms with Crippen LogP contribution < -0.4 is 16.0 Å². The van der Waals surface area contributed by atoms with Crippen molar-refractivity contribution in [3.8, 4) is 0 Å². The Labute approximate surface area is 281 Å². The molecule has 0 bridgehead atoms. The van der Waals surface area contributed by atoms with Crippen LogP contribution in [0.15, 0.2) is 9.98 Å². The minimum absolute atomic E-state index is 0.0579. The summed E-state index contributed by atoms with van der Waals surface area (Å²) in [6, 6.07) is -2.59. The molecule has 0 aromatic rings. The van der Waals surface area contributed by atoms with Gasteiger partial charge in [0.15, 0.2) is 0 Å². The van der Waals surface area contributed by atoms with Gasteiger partial charge < -0.3 is 34.5 Å². The normalized spacial score (nSPS) is 25.2. The van der Waals surface area contributed by atoms with Crippen molar-refractivity contribution < 1.29 is 42.9 Å². The molecule has 4 rings (SSSR count). The lowest BCUT2D eigenvalue weighted by molar-refractivity contribution is -0.136. The highest BCUT2D eigenvalue weighted by Crippen LogP contribution is 2.19. The number of carbonyl (C=O) groups is 5. The van der Waals surface area contributed by atoms with E-state index in [1.165, 1.54) is 6.34 Å². The summed E-state index contributed by atoms with van der Waals surface area (Å²) in [5.41, 5.74) is 0. The maximum atomic E-state index is 13.3. The molecule has 0 aromatic heterocycles. The second-order valence-electron chi connectivity index (χ2n) is 12.3. The average molecular weight is 678 g/mol. The van der Waals surface area contributed by atoms with Gasteiger partial charge in [0.2, 0.25) is 29.5 Å². The van der Waals surface area contributed by atoms with Crippen LogP contribution in [0.25, 0.3) is 0 Å². The van der Waals surface area contributed by atoms with Gasteiger partial charge in [0.25, 0.3) is 0 Å². The van der Waals surface area contributed by atoms with E-state index in [-0.39, 0.29) is 24.7 Å². The van der Waals surface area contributed by atoms with Gasteiger partial charge in [0.05, 0.1) is 64.9 Å². The van der Waals surface area contributed by atoms with Gasteiger partial charge in [-0.25, -0.2) is 4.99 Å². The highest BCUT2D eigenvalue weighted by Gasteiger charge is 2.35. The van der Waals surface area contributed by atoms with Crippen LogP contribution in [-0.4, -0.2) is 155 Å². The number of rotatable bonds is 12. The van der Waals surface area contributed by atoms with E-state index in [1.807, 2.05) is 0 Å². The molecule has 4 aliphatic heterocycles. The molecule has 268 valence electrons. The van der Waals surface area contributed by atoms with Gasteiger partial charge in [-0.2, -0.15) is 0 Å². The van der Waals surface area contributed by atoms with Crippen molar-refractivity contribution >= 4 is 42.1 Å². The van der Waals surface area contributed by atoms with Gasteiger partial charge in [0.1, 0.15) is 18.4 Å². The average Bonchev–Trinajstić information content (AvgIpc) is 3.86. The van der Waals surface area contributed by atoms with Crippen LogP contribution in [0.5, 0.6) is 0 Å². The van der Waals surface area contributed by atoms with E-state index in [9.17, 15) is 24.0 Å². The number of nitrogens with zero attached hydrogens (tertiary/aromatic N) is 4. The first-order valence-corrected chi connectivity index (χ1v) is 17.2. The van der Waals surface area contributed by atoms with Crippen LogP contribution in [0, 0.1) is 0 Å². The molecule has 3 saturated heterocycles. The lowest BCUT2D eigenvalue weighted by atomic mass is 10.1. The van der Waals surface area contributed by atoms with Crippen molar-refractivity contribution in [1.82, 2.24) is 25.8 Å². The summed E-state index contributed by atoms with van der Waals surface area (Å²) in [5.74, 6) is -1.63. The molecule has 16 nitrogen and oxygen atoms in total. The van der Waals surface area contributed by atoms with Crippen molar-refractivity contribution in [3.63, 3.8) is 0 Å². The number of likely N-dealkylation sites (tertiary alicyclic amines) is 1. The fraction of sp³-hybridized carbons (Fsp3) is 0.781. The molecular weight excluding hydrogens is 626 g/mol. The molecule has 4 aliphatic rings. The topological polar surface area (TPSA) is 190 Å². The molecule has 0 aliphatic carbocycles. The first-order valence-electron chi connectivity index (χ1n) is 17.2. The fourth-order valence-corrected chi connectivity index (χ4v) is 6.06. The third kappa shape index (κ3) is 13.0. The summed E-state index contributed by atoms with van der Waals surface area (Å²) >= 11 is 0. The largest absolute Gasteiger partial charge is 0.377 e. The van der Waals surface area contributed by atoms with E-state index in [2.05, 4.69) is 30.8 Å². The molecule has 0 radical (unpaired) electrons. The number of aliphatic imine (C=N–C) groups is 2. The Morgan fingerprint density at radius 3 is 2.19 bits per heavy atom. The predicted octanol–water partition coefficient (Wildman–Crippen LogP) is -0.803. The number of amides is 5. The van der Waals surface area contributed by atoms with Crippen LogP contribution in [0.4, 0.5) is 0 Å². The SMILES string of the molecule is O=C1CC[C@@H](C(=O)N[C@@H](CC2C=NC=N2)C(=O)NC(=O)[C@@H]2CCCN2CCCCCC(=O)N2CCOCCOCCOCCOCC2)N1. The van der Waals surface area contributed by atoms with Crippen molar-refractivity contribution in [1.29, 1.82) is 0 Å². The molecule has 4 atom stereocenters.